The number of benzene rings is 1. The Balaban J connectivity index is 2.09. The van der Waals surface area contributed by atoms with E-state index in [1.54, 1.807) is 17.0 Å². The monoisotopic (exact) mass is 337 g/mol. The van der Waals surface area contributed by atoms with E-state index in [1.165, 1.54) is 7.11 Å². The van der Waals surface area contributed by atoms with Crippen LogP contribution in [0.15, 0.2) is 24.3 Å². The maximum Gasteiger partial charge on any atom is 0.334 e. The lowest BCUT2D eigenvalue weighted by molar-refractivity contribution is -0.157. The van der Waals surface area contributed by atoms with Crippen molar-refractivity contribution >= 4 is 23.5 Å². The van der Waals surface area contributed by atoms with Crippen molar-refractivity contribution in [2.24, 2.45) is 5.92 Å². The smallest absolute Gasteiger partial charge is 0.334 e. The van der Waals surface area contributed by atoms with E-state index in [1.807, 2.05) is 26.0 Å². The van der Waals surface area contributed by atoms with E-state index in [4.69, 9.17) is 21.1 Å². The molecule has 1 aromatic carbocycles. The Morgan fingerprint density at radius 3 is 2.61 bits per heavy atom. The number of hydrogen-bond acceptors (Lipinski definition) is 4. The Kier molecular flexibility index (Phi) is 4.10. The molecule has 2 aliphatic heterocycles. The molecule has 1 amide bonds. The van der Waals surface area contributed by atoms with E-state index in [-0.39, 0.29) is 30.8 Å². The maximum atomic E-state index is 12.7. The quantitative estimate of drug-likeness (QED) is 0.795. The number of methoxy groups -OCH3 is 1. The molecule has 0 radical (unpaired) electrons. The third kappa shape index (κ3) is 2.34. The van der Waals surface area contributed by atoms with E-state index in [0.717, 1.165) is 5.56 Å². The summed E-state index contributed by atoms with van der Waals surface area (Å²) in [6.45, 7) is 4.10. The van der Waals surface area contributed by atoms with Crippen LogP contribution in [-0.2, 0) is 19.1 Å². The number of nitrogens with zero attached hydrogens (tertiary/aromatic N) is 1. The first-order valence-corrected chi connectivity index (χ1v) is 8.07. The van der Waals surface area contributed by atoms with Crippen LogP contribution in [0, 0.1) is 5.92 Å². The molecule has 0 unspecified atom stereocenters. The normalized spacial score (nSPS) is 30.0. The fourth-order valence-electron chi connectivity index (χ4n) is 3.71. The lowest BCUT2D eigenvalue weighted by Crippen LogP contribution is -2.55. The highest BCUT2D eigenvalue weighted by atomic mass is 35.5. The molecule has 0 bridgehead atoms. The molecule has 6 heteroatoms. The largest absolute Gasteiger partial charge is 0.467 e. The van der Waals surface area contributed by atoms with Crippen LogP contribution in [0.25, 0.3) is 0 Å². The summed E-state index contributed by atoms with van der Waals surface area (Å²) in [4.78, 5) is 26.9. The van der Waals surface area contributed by atoms with Crippen molar-refractivity contribution in [3.05, 3.63) is 34.9 Å². The molecule has 3 rings (SSSR count). The van der Waals surface area contributed by atoms with Gasteiger partial charge in [-0.15, -0.1) is 0 Å². The molecular formula is C17H20ClNO4. The van der Waals surface area contributed by atoms with E-state index in [0.29, 0.717) is 5.02 Å². The van der Waals surface area contributed by atoms with Crippen LogP contribution in [0.2, 0.25) is 5.02 Å². The minimum atomic E-state index is -1.09. The Bertz CT molecular complexity index is 630. The van der Waals surface area contributed by atoms with Crippen LogP contribution in [0.1, 0.15) is 31.7 Å². The van der Waals surface area contributed by atoms with E-state index in [9.17, 15) is 9.59 Å². The fourth-order valence-corrected chi connectivity index (χ4v) is 3.84. The van der Waals surface area contributed by atoms with Crippen LogP contribution < -0.4 is 0 Å². The van der Waals surface area contributed by atoms with Gasteiger partial charge in [0.25, 0.3) is 0 Å². The molecular weight excluding hydrogens is 318 g/mol. The van der Waals surface area contributed by atoms with Crippen molar-refractivity contribution in [3.8, 4) is 0 Å². The van der Waals surface area contributed by atoms with Crippen LogP contribution in [0.3, 0.4) is 0 Å². The van der Waals surface area contributed by atoms with Crippen LogP contribution in [-0.4, -0.2) is 42.3 Å². The van der Waals surface area contributed by atoms with Gasteiger partial charge in [0.15, 0.2) is 5.54 Å². The van der Waals surface area contributed by atoms with E-state index >= 15 is 0 Å². The second-order valence-electron chi connectivity index (χ2n) is 6.43. The molecule has 2 saturated heterocycles. The Labute approximate surface area is 140 Å². The summed E-state index contributed by atoms with van der Waals surface area (Å²) in [5.74, 6) is -0.712. The van der Waals surface area contributed by atoms with E-state index in [2.05, 4.69) is 0 Å². The molecule has 0 N–H and O–H groups in total. The average Bonchev–Trinajstić information content (AvgIpc) is 3.05. The van der Waals surface area contributed by atoms with Gasteiger partial charge in [-0.25, -0.2) is 4.79 Å². The van der Waals surface area contributed by atoms with Crippen molar-refractivity contribution in [3.63, 3.8) is 0 Å². The number of hydrogen-bond donors (Lipinski definition) is 0. The van der Waals surface area contributed by atoms with Gasteiger partial charge in [0, 0.05) is 17.4 Å². The Morgan fingerprint density at radius 2 is 2.04 bits per heavy atom. The van der Waals surface area contributed by atoms with Crippen LogP contribution in [0.5, 0.6) is 0 Å². The first-order chi connectivity index (χ1) is 10.9. The molecule has 2 aliphatic rings. The topological polar surface area (TPSA) is 55.8 Å². The van der Waals surface area contributed by atoms with Crippen LogP contribution in [0.4, 0.5) is 0 Å². The minimum Gasteiger partial charge on any atom is -0.467 e. The minimum absolute atomic E-state index is 0.0773. The summed E-state index contributed by atoms with van der Waals surface area (Å²) in [5, 5.41) is 0.616. The van der Waals surface area contributed by atoms with Gasteiger partial charge < -0.3 is 9.47 Å². The second kappa shape index (κ2) is 5.80. The molecule has 0 aromatic heterocycles. The van der Waals surface area contributed by atoms with Gasteiger partial charge in [0.1, 0.15) is 6.23 Å². The zero-order chi connectivity index (χ0) is 16.8. The van der Waals surface area contributed by atoms with Gasteiger partial charge in [0.2, 0.25) is 5.91 Å². The molecule has 0 spiro atoms. The third-order valence-electron chi connectivity index (χ3n) is 4.76. The summed E-state index contributed by atoms with van der Waals surface area (Å²) in [6.07, 6.45) is -0.137. The highest BCUT2D eigenvalue weighted by Gasteiger charge is 2.65. The first-order valence-electron chi connectivity index (χ1n) is 7.69. The SMILES string of the molecule is COC(=O)[C@]12CO[C@H](C(C)C)N1C(=O)C[C@@H]2c1ccc(Cl)cc1. The molecule has 2 fully saturated rings. The summed E-state index contributed by atoms with van der Waals surface area (Å²) >= 11 is 5.95. The number of amides is 1. The standard InChI is InChI=1S/C17H20ClNO4/c1-10(2)15-19-14(20)8-13(11-4-6-12(18)7-5-11)17(19,9-23-15)16(21)22-3/h4-7,10,13,15H,8-9H2,1-3H3/t13-,15-,17-/m1/s1. The van der Waals surface area contributed by atoms with Gasteiger partial charge in [-0.3, -0.25) is 9.69 Å². The van der Waals surface area contributed by atoms with Crippen molar-refractivity contribution in [1.29, 1.82) is 0 Å². The van der Waals surface area contributed by atoms with E-state index < -0.39 is 17.7 Å². The van der Waals surface area contributed by atoms with Gasteiger partial charge in [-0.2, -0.15) is 0 Å². The number of halogens is 1. The predicted molar refractivity (Wildman–Crippen MR) is 85.0 cm³/mol. The van der Waals surface area contributed by atoms with Crippen molar-refractivity contribution in [2.75, 3.05) is 13.7 Å². The molecule has 5 nitrogen and oxygen atoms in total. The summed E-state index contributed by atoms with van der Waals surface area (Å²) < 4.78 is 10.9. The van der Waals surface area contributed by atoms with Crippen LogP contribution >= 0.6 is 11.6 Å². The zero-order valence-corrected chi connectivity index (χ0v) is 14.2. The van der Waals surface area contributed by atoms with Crippen molar-refractivity contribution in [1.82, 2.24) is 4.90 Å². The molecule has 23 heavy (non-hydrogen) atoms. The molecule has 1 aromatic rings. The van der Waals surface area contributed by atoms with Gasteiger partial charge in [-0.05, 0) is 23.6 Å². The molecule has 3 atom stereocenters. The lowest BCUT2D eigenvalue weighted by atomic mass is 9.80. The Morgan fingerprint density at radius 1 is 1.39 bits per heavy atom. The second-order valence-corrected chi connectivity index (χ2v) is 6.87. The maximum absolute atomic E-state index is 12.7. The zero-order valence-electron chi connectivity index (χ0n) is 13.4. The number of carbonyl (C=O) groups excluding carboxylic acids is 2. The lowest BCUT2D eigenvalue weighted by Gasteiger charge is -2.35. The number of carbonyl (C=O) groups is 2. The number of ether oxygens (including phenoxy) is 2. The first kappa shape index (κ1) is 16.3. The van der Waals surface area contributed by atoms with Gasteiger partial charge in [-0.1, -0.05) is 37.6 Å². The highest BCUT2D eigenvalue weighted by molar-refractivity contribution is 6.30. The molecule has 2 heterocycles. The third-order valence-corrected chi connectivity index (χ3v) is 5.02. The summed E-state index contributed by atoms with van der Waals surface area (Å²) in [6, 6.07) is 7.25. The van der Waals surface area contributed by atoms with Gasteiger partial charge >= 0.3 is 5.97 Å². The fraction of sp³-hybridized carbons (Fsp3) is 0.529. The highest BCUT2D eigenvalue weighted by Crippen LogP contribution is 2.49. The number of rotatable bonds is 3. The van der Waals surface area contributed by atoms with Gasteiger partial charge in [0.05, 0.1) is 13.7 Å². The number of fused-ring (bicyclic) bond motifs is 1. The van der Waals surface area contributed by atoms with Crippen molar-refractivity contribution < 1.29 is 19.1 Å². The van der Waals surface area contributed by atoms with Crippen molar-refractivity contribution in [2.45, 2.75) is 38.0 Å². The molecule has 0 saturated carbocycles. The Hall–Kier alpha value is -1.59. The number of esters is 1. The average molecular weight is 338 g/mol. The summed E-state index contributed by atoms with van der Waals surface area (Å²) in [5.41, 5.74) is -0.196. The predicted octanol–water partition coefficient (Wildman–Crippen LogP) is 2.58. The summed E-state index contributed by atoms with van der Waals surface area (Å²) in [7, 11) is 1.35. The molecule has 0 aliphatic carbocycles. The molecule has 124 valence electrons.